The number of pyridine rings is 1. The Bertz CT molecular complexity index is 1440. The third-order valence-corrected chi connectivity index (χ3v) is 6.75. The van der Waals surface area contributed by atoms with E-state index in [2.05, 4.69) is 9.36 Å². The third kappa shape index (κ3) is 5.95. The van der Waals surface area contributed by atoms with Gasteiger partial charge in [0.25, 0.3) is 5.56 Å². The molecule has 2 N–H and O–H groups in total. The molecule has 2 aromatic heterocycles. The molecule has 0 saturated carbocycles. The molecular weight excluding hydrogens is 492 g/mol. The van der Waals surface area contributed by atoms with E-state index >= 15 is 0 Å². The van der Waals surface area contributed by atoms with Crippen LogP contribution in [0.3, 0.4) is 0 Å². The van der Waals surface area contributed by atoms with Crippen LogP contribution >= 0.6 is 11.5 Å². The average Bonchev–Trinajstić information content (AvgIpc) is 3.47. The Morgan fingerprint density at radius 2 is 1.95 bits per heavy atom. The molecule has 0 aliphatic carbocycles. The van der Waals surface area contributed by atoms with Crippen LogP contribution < -0.4 is 24.5 Å². The monoisotopic (exact) mass is 520 g/mol. The number of hydrogen-bond acceptors (Lipinski definition) is 8. The van der Waals surface area contributed by atoms with Gasteiger partial charge < -0.3 is 24.1 Å². The van der Waals surface area contributed by atoms with E-state index in [1.54, 1.807) is 26.0 Å². The number of ether oxygens (including phenoxy) is 4. The van der Waals surface area contributed by atoms with Crippen molar-refractivity contribution in [2.24, 2.45) is 0 Å². The van der Waals surface area contributed by atoms with E-state index in [9.17, 15) is 9.90 Å². The summed E-state index contributed by atoms with van der Waals surface area (Å²) in [6.45, 7) is 6.07. The van der Waals surface area contributed by atoms with Gasteiger partial charge in [-0.25, -0.2) is 4.98 Å². The highest BCUT2D eigenvalue weighted by molar-refractivity contribution is 7.09. The van der Waals surface area contributed by atoms with E-state index < -0.39 is 5.60 Å². The second-order valence-electron chi connectivity index (χ2n) is 9.44. The van der Waals surface area contributed by atoms with Gasteiger partial charge in [0.05, 0.1) is 22.8 Å². The molecule has 0 amide bonds. The van der Waals surface area contributed by atoms with Crippen LogP contribution in [0, 0.1) is 6.92 Å². The van der Waals surface area contributed by atoms with E-state index in [1.807, 2.05) is 55.5 Å². The van der Waals surface area contributed by atoms with Crippen LogP contribution in [0.25, 0.3) is 10.4 Å². The first-order chi connectivity index (χ1) is 17.7. The predicted molar refractivity (Wildman–Crippen MR) is 141 cm³/mol. The third-order valence-electron chi connectivity index (χ3n) is 5.87. The summed E-state index contributed by atoms with van der Waals surface area (Å²) in [5, 5.41) is 9.84. The number of aliphatic hydroxyl groups is 1. The number of nitrogens with zero attached hydrogens (tertiary/aromatic N) is 1. The lowest BCUT2D eigenvalue weighted by Crippen LogP contribution is -2.22. The Hall–Kier alpha value is -3.82. The number of hydrogen-bond donors (Lipinski definition) is 2. The number of aryl methyl sites for hydroxylation is 1. The van der Waals surface area contributed by atoms with Crippen LogP contribution in [0.15, 0.2) is 65.5 Å². The first kappa shape index (κ1) is 24.9. The number of rotatable bonds is 9. The van der Waals surface area contributed by atoms with Crippen LogP contribution in [-0.2, 0) is 0 Å². The Kier molecular flexibility index (Phi) is 6.90. The average molecular weight is 521 g/mol. The molecular formula is C28H28N2O6S. The van der Waals surface area contributed by atoms with Crippen LogP contribution in [0.2, 0.25) is 0 Å². The largest absolute Gasteiger partial charge is 0.485 e. The van der Waals surface area contributed by atoms with Crippen molar-refractivity contribution in [1.29, 1.82) is 0 Å². The highest BCUT2D eigenvalue weighted by Gasteiger charge is 2.29. The van der Waals surface area contributed by atoms with Gasteiger partial charge >= 0.3 is 0 Å². The van der Waals surface area contributed by atoms with Crippen LogP contribution in [0.1, 0.15) is 37.6 Å². The number of fused-ring (bicyclic) bond motifs is 1. The molecule has 9 heteroatoms. The van der Waals surface area contributed by atoms with E-state index in [0.29, 0.717) is 54.2 Å². The molecule has 1 unspecified atom stereocenters. The van der Waals surface area contributed by atoms with Crippen molar-refractivity contribution < 1.29 is 24.1 Å². The molecule has 3 heterocycles. The van der Waals surface area contributed by atoms with Crippen LogP contribution in [0.4, 0.5) is 0 Å². The molecule has 0 saturated heterocycles. The normalized spacial score (nSPS) is 14.6. The fourth-order valence-corrected chi connectivity index (χ4v) is 4.58. The van der Waals surface area contributed by atoms with Crippen molar-refractivity contribution in [2.45, 2.75) is 38.9 Å². The fourth-order valence-electron chi connectivity index (χ4n) is 3.89. The molecule has 1 aliphatic heterocycles. The maximum absolute atomic E-state index is 11.4. The second kappa shape index (κ2) is 10.3. The lowest BCUT2D eigenvalue weighted by molar-refractivity contribution is 0.0546. The Labute approximate surface area is 218 Å². The van der Waals surface area contributed by atoms with E-state index in [0.717, 1.165) is 16.0 Å². The lowest BCUT2D eigenvalue weighted by atomic mass is 10.1. The van der Waals surface area contributed by atoms with Gasteiger partial charge in [-0.05, 0) is 62.7 Å². The molecule has 8 nitrogen and oxygen atoms in total. The summed E-state index contributed by atoms with van der Waals surface area (Å²) in [5.41, 5.74) is 1.64. The molecule has 0 radical (unpaired) electrons. The van der Waals surface area contributed by atoms with Crippen molar-refractivity contribution in [1.82, 2.24) is 9.36 Å². The minimum absolute atomic E-state index is 0.101. The van der Waals surface area contributed by atoms with Crippen molar-refractivity contribution in [3.05, 3.63) is 82.3 Å². The number of aromatic amines is 1. The summed E-state index contributed by atoms with van der Waals surface area (Å²) in [6, 6.07) is 18.5. The molecule has 192 valence electrons. The molecule has 5 rings (SSSR count). The number of H-pyrrole nitrogens is 1. The molecule has 0 spiro atoms. The number of nitrogens with one attached hydrogen (secondary N) is 1. The number of aromatic nitrogens is 2. The van der Waals surface area contributed by atoms with E-state index in [1.165, 1.54) is 11.5 Å². The van der Waals surface area contributed by atoms with Crippen LogP contribution in [0.5, 0.6) is 28.9 Å². The molecule has 37 heavy (non-hydrogen) atoms. The van der Waals surface area contributed by atoms with Crippen molar-refractivity contribution in [3.8, 4) is 39.3 Å². The summed E-state index contributed by atoms with van der Waals surface area (Å²) in [7, 11) is 0. The first-order valence-corrected chi connectivity index (χ1v) is 12.8. The van der Waals surface area contributed by atoms with Crippen LogP contribution in [-0.4, -0.2) is 33.3 Å². The lowest BCUT2D eigenvalue weighted by Gasteiger charge is -2.17. The summed E-state index contributed by atoms with van der Waals surface area (Å²) in [5.74, 6) is 3.01. The number of para-hydroxylation sites is 1. The van der Waals surface area contributed by atoms with Crippen molar-refractivity contribution in [2.75, 3.05) is 13.2 Å². The fraction of sp³-hybridized carbons (Fsp3) is 0.286. The molecule has 2 aromatic carbocycles. The highest BCUT2D eigenvalue weighted by atomic mass is 32.1. The number of benzene rings is 2. The van der Waals surface area contributed by atoms with Crippen molar-refractivity contribution in [3.63, 3.8) is 0 Å². The summed E-state index contributed by atoms with van der Waals surface area (Å²) in [4.78, 5) is 16.8. The maximum Gasteiger partial charge on any atom is 0.258 e. The van der Waals surface area contributed by atoms with Gasteiger partial charge in [0, 0.05) is 24.1 Å². The minimum atomic E-state index is -0.789. The van der Waals surface area contributed by atoms with Gasteiger partial charge in [-0.2, -0.15) is 0 Å². The van der Waals surface area contributed by atoms with Gasteiger partial charge in [-0.15, -0.1) is 0 Å². The van der Waals surface area contributed by atoms with E-state index in [-0.39, 0.29) is 11.7 Å². The summed E-state index contributed by atoms with van der Waals surface area (Å²) < 4.78 is 26.7. The van der Waals surface area contributed by atoms with E-state index in [4.69, 9.17) is 18.9 Å². The molecule has 0 fully saturated rings. The molecule has 1 atom stereocenters. The summed E-state index contributed by atoms with van der Waals surface area (Å²) >= 11 is 1.31. The highest BCUT2D eigenvalue weighted by Crippen LogP contribution is 2.44. The Morgan fingerprint density at radius 3 is 2.65 bits per heavy atom. The Morgan fingerprint density at radius 1 is 1.14 bits per heavy atom. The van der Waals surface area contributed by atoms with Gasteiger partial charge in [-0.3, -0.25) is 9.17 Å². The molecule has 1 aliphatic rings. The quantitative estimate of drug-likeness (QED) is 0.294. The predicted octanol–water partition coefficient (Wildman–Crippen LogP) is 5.65. The minimum Gasteiger partial charge on any atom is -0.485 e. The van der Waals surface area contributed by atoms with Gasteiger partial charge in [0.2, 0.25) is 5.88 Å². The first-order valence-electron chi connectivity index (χ1n) is 12.0. The zero-order valence-corrected chi connectivity index (χ0v) is 21.6. The van der Waals surface area contributed by atoms with Gasteiger partial charge in [0.1, 0.15) is 18.1 Å². The van der Waals surface area contributed by atoms with Gasteiger partial charge in [0.15, 0.2) is 17.6 Å². The maximum atomic E-state index is 11.4. The molecule has 4 aromatic rings. The SMILES string of the molecule is Cc1nc(OCCC(C)(C)O)ccc1Oc1cccc2c1OCC2Oc1ccc(-c2cc(=O)[nH]s2)cc1. The standard InChI is InChI=1S/C28H28N2O6S/c1-17-21(11-12-26(29-17)33-14-13-28(2,3)32)36-22-6-4-5-20-23(16-34-27(20)22)35-19-9-7-18(8-10-19)24-15-25(31)30-37-24/h4-12,15,23,32H,13-14,16H2,1-3H3,(H,30,31). The Balaban J connectivity index is 1.26. The molecule has 0 bridgehead atoms. The van der Waals surface area contributed by atoms with Gasteiger partial charge in [-0.1, -0.05) is 23.7 Å². The zero-order chi connectivity index (χ0) is 26.0. The second-order valence-corrected chi connectivity index (χ2v) is 10.3. The smallest absolute Gasteiger partial charge is 0.258 e. The van der Waals surface area contributed by atoms with Crippen molar-refractivity contribution >= 4 is 11.5 Å². The topological polar surface area (TPSA) is 103 Å². The zero-order valence-electron chi connectivity index (χ0n) is 20.8. The summed E-state index contributed by atoms with van der Waals surface area (Å²) in [6.07, 6.45) is 0.223.